The Hall–Kier alpha value is -2.30. The van der Waals surface area contributed by atoms with Gasteiger partial charge in [-0.15, -0.1) is 0 Å². The first kappa shape index (κ1) is 17.1. The van der Waals surface area contributed by atoms with E-state index in [0.29, 0.717) is 17.8 Å². The number of unbranched alkanes of at least 4 members (excludes halogenated alkanes) is 1. The largest absolute Gasteiger partial charge is 0.505 e. The summed E-state index contributed by atoms with van der Waals surface area (Å²) >= 11 is 0. The fourth-order valence-corrected chi connectivity index (χ4v) is 2.29. The standard InChI is InChI=1S/C18H25N3O2/c1-5-6-8-19-17(23)14-11-13(18(2,3)4)12-15(16(14)22)21-10-7-9-20-21/h7,9-12,22H,5-6,8H2,1-4H3,(H,19,23). The Labute approximate surface area is 137 Å². The summed E-state index contributed by atoms with van der Waals surface area (Å²) in [5, 5.41) is 17.6. The summed E-state index contributed by atoms with van der Waals surface area (Å²) < 4.78 is 1.58. The molecule has 1 aromatic carbocycles. The van der Waals surface area contributed by atoms with Crippen LogP contribution in [0.3, 0.4) is 0 Å². The van der Waals surface area contributed by atoms with Crippen LogP contribution < -0.4 is 5.32 Å². The Kier molecular flexibility index (Phi) is 5.08. The van der Waals surface area contributed by atoms with Crippen LogP contribution >= 0.6 is 0 Å². The van der Waals surface area contributed by atoms with Crippen molar-refractivity contribution >= 4 is 5.91 Å². The second-order valence-electron chi connectivity index (χ2n) is 6.70. The molecule has 2 aromatic rings. The number of hydrogen-bond acceptors (Lipinski definition) is 3. The second kappa shape index (κ2) is 6.86. The SMILES string of the molecule is CCCCNC(=O)c1cc(C(C)(C)C)cc(-n2cccn2)c1O. The van der Waals surface area contributed by atoms with Crippen LogP contribution in [0.1, 0.15) is 56.5 Å². The predicted molar refractivity (Wildman–Crippen MR) is 91.2 cm³/mol. The Morgan fingerprint density at radius 1 is 1.35 bits per heavy atom. The molecule has 0 aliphatic carbocycles. The highest BCUT2D eigenvalue weighted by atomic mass is 16.3. The topological polar surface area (TPSA) is 67.2 Å². The number of carbonyl (C=O) groups excluding carboxylic acids is 1. The fraction of sp³-hybridized carbons (Fsp3) is 0.444. The van der Waals surface area contributed by atoms with Crippen molar-refractivity contribution in [3.05, 3.63) is 41.7 Å². The van der Waals surface area contributed by atoms with Crippen molar-refractivity contribution in [3.8, 4) is 11.4 Å². The number of amides is 1. The van der Waals surface area contributed by atoms with Gasteiger partial charge >= 0.3 is 0 Å². The van der Waals surface area contributed by atoms with Crippen molar-refractivity contribution in [3.63, 3.8) is 0 Å². The number of phenolic OH excluding ortho intramolecular Hbond substituents is 1. The maximum absolute atomic E-state index is 12.4. The molecule has 23 heavy (non-hydrogen) atoms. The van der Waals surface area contributed by atoms with Crippen molar-refractivity contribution in [2.24, 2.45) is 0 Å². The lowest BCUT2D eigenvalue weighted by molar-refractivity contribution is 0.0950. The summed E-state index contributed by atoms with van der Waals surface area (Å²) in [4.78, 5) is 12.4. The second-order valence-corrected chi connectivity index (χ2v) is 6.70. The van der Waals surface area contributed by atoms with Gasteiger partial charge in [-0.05, 0) is 35.6 Å². The lowest BCUT2D eigenvalue weighted by Crippen LogP contribution is -2.25. The summed E-state index contributed by atoms with van der Waals surface area (Å²) in [6.07, 6.45) is 5.31. The van der Waals surface area contributed by atoms with E-state index >= 15 is 0 Å². The molecule has 1 heterocycles. The molecular formula is C18H25N3O2. The van der Waals surface area contributed by atoms with Crippen LogP contribution in [0.25, 0.3) is 5.69 Å². The summed E-state index contributed by atoms with van der Waals surface area (Å²) in [5.74, 6) is -0.300. The molecule has 0 spiro atoms. The molecule has 0 aliphatic rings. The van der Waals surface area contributed by atoms with Gasteiger partial charge in [-0.2, -0.15) is 5.10 Å². The number of carbonyl (C=O) groups is 1. The van der Waals surface area contributed by atoms with Crippen molar-refractivity contribution < 1.29 is 9.90 Å². The smallest absolute Gasteiger partial charge is 0.255 e. The van der Waals surface area contributed by atoms with Crippen LogP contribution in [0.4, 0.5) is 0 Å². The summed E-state index contributed by atoms with van der Waals surface area (Å²) in [6, 6.07) is 5.43. The number of aromatic nitrogens is 2. The lowest BCUT2D eigenvalue weighted by Gasteiger charge is -2.22. The quantitative estimate of drug-likeness (QED) is 0.831. The van der Waals surface area contributed by atoms with E-state index in [-0.39, 0.29) is 17.1 Å². The predicted octanol–water partition coefficient (Wildman–Crippen LogP) is 3.41. The van der Waals surface area contributed by atoms with E-state index < -0.39 is 0 Å². The highest BCUT2D eigenvalue weighted by molar-refractivity contribution is 5.98. The molecule has 1 aromatic heterocycles. The number of nitrogens with one attached hydrogen (secondary N) is 1. The first-order valence-electron chi connectivity index (χ1n) is 8.00. The third-order valence-corrected chi connectivity index (χ3v) is 3.77. The van der Waals surface area contributed by atoms with E-state index in [1.807, 2.05) is 6.07 Å². The number of nitrogens with zero attached hydrogens (tertiary/aromatic N) is 2. The molecule has 5 nitrogen and oxygen atoms in total. The van der Waals surface area contributed by atoms with Crippen molar-refractivity contribution in [1.29, 1.82) is 0 Å². The fourth-order valence-electron chi connectivity index (χ4n) is 2.29. The van der Waals surface area contributed by atoms with E-state index in [9.17, 15) is 9.90 Å². The maximum atomic E-state index is 12.4. The third-order valence-electron chi connectivity index (χ3n) is 3.77. The van der Waals surface area contributed by atoms with Gasteiger partial charge in [-0.1, -0.05) is 34.1 Å². The molecule has 1 amide bonds. The monoisotopic (exact) mass is 315 g/mol. The van der Waals surface area contributed by atoms with Gasteiger partial charge < -0.3 is 10.4 Å². The first-order chi connectivity index (χ1) is 10.8. The molecule has 2 N–H and O–H groups in total. The van der Waals surface area contributed by atoms with E-state index in [0.717, 1.165) is 18.4 Å². The molecule has 0 radical (unpaired) electrons. The number of benzene rings is 1. The van der Waals surface area contributed by atoms with Gasteiger partial charge in [0.05, 0.1) is 5.56 Å². The van der Waals surface area contributed by atoms with Gasteiger partial charge in [0.15, 0.2) is 5.75 Å². The van der Waals surface area contributed by atoms with Crippen LogP contribution in [-0.2, 0) is 5.41 Å². The minimum absolute atomic E-state index is 0.0456. The number of aromatic hydroxyl groups is 1. The minimum atomic E-state index is -0.254. The number of hydrogen-bond donors (Lipinski definition) is 2. The van der Waals surface area contributed by atoms with E-state index in [1.165, 1.54) is 0 Å². The van der Waals surface area contributed by atoms with E-state index in [1.54, 1.807) is 29.2 Å². The summed E-state index contributed by atoms with van der Waals surface area (Å²) in [7, 11) is 0. The van der Waals surface area contributed by atoms with Crippen molar-refractivity contribution in [2.45, 2.75) is 46.0 Å². The van der Waals surface area contributed by atoms with Gasteiger partial charge in [0.1, 0.15) is 5.69 Å². The number of rotatable bonds is 5. The zero-order valence-electron chi connectivity index (χ0n) is 14.3. The highest BCUT2D eigenvalue weighted by Gasteiger charge is 2.22. The molecule has 0 aliphatic heterocycles. The van der Waals surface area contributed by atoms with Crippen LogP contribution in [0.15, 0.2) is 30.6 Å². The molecule has 0 fully saturated rings. The third kappa shape index (κ3) is 3.92. The average Bonchev–Trinajstić information content (AvgIpc) is 3.00. The van der Waals surface area contributed by atoms with Crippen LogP contribution in [-0.4, -0.2) is 27.3 Å². The molecule has 2 rings (SSSR count). The van der Waals surface area contributed by atoms with Crippen molar-refractivity contribution in [2.75, 3.05) is 6.54 Å². The van der Waals surface area contributed by atoms with Gasteiger partial charge in [-0.3, -0.25) is 4.79 Å². The molecule has 0 atom stereocenters. The van der Waals surface area contributed by atoms with Gasteiger partial charge in [0, 0.05) is 18.9 Å². The zero-order valence-corrected chi connectivity index (χ0v) is 14.3. The van der Waals surface area contributed by atoms with Gasteiger partial charge in [0.2, 0.25) is 0 Å². The Bertz CT molecular complexity index is 670. The molecule has 0 saturated carbocycles. The Balaban J connectivity index is 2.48. The van der Waals surface area contributed by atoms with Crippen molar-refractivity contribution in [1.82, 2.24) is 15.1 Å². The highest BCUT2D eigenvalue weighted by Crippen LogP contribution is 2.33. The normalized spacial score (nSPS) is 11.5. The molecule has 0 saturated heterocycles. The average molecular weight is 315 g/mol. The maximum Gasteiger partial charge on any atom is 0.255 e. The minimum Gasteiger partial charge on any atom is -0.505 e. The number of phenols is 1. The van der Waals surface area contributed by atoms with Crippen LogP contribution in [0.2, 0.25) is 0 Å². The molecule has 124 valence electrons. The molecule has 0 bridgehead atoms. The lowest BCUT2D eigenvalue weighted by atomic mass is 9.85. The van der Waals surface area contributed by atoms with Gasteiger partial charge in [0.25, 0.3) is 5.91 Å². The zero-order chi connectivity index (χ0) is 17.0. The summed E-state index contributed by atoms with van der Waals surface area (Å²) in [5.41, 5.74) is 1.64. The van der Waals surface area contributed by atoms with E-state index in [2.05, 4.69) is 38.1 Å². The summed E-state index contributed by atoms with van der Waals surface area (Å²) in [6.45, 7) is 8.90. The molecule has 5 heteroatoms. The van der Waals surface area contributed by atoms with Crippen LogP contribution in [0.5, 0.6) is 5.75 Å². The first-order valence-corrected chi connectivity index (χ1v) is 8.00. The van der Waals surface area contributed by atoms with Gasteiger partial charge in [-0.25, -0.2) is 4.68 Å². The van der Waals surface area contributed by atoms with E-state index in [4.69, 9.17) is 0 Å². The molecule has 0 unspecified atom stereocenters. The Morgan fingerprint density at radius 3 is 2.65 bits per heavy atom. The van der Waals surface area contributed by atoms with Crippen LogP contribution in [0, 0.1) is 0 Å². The molecular weight excluding hydrogens is 290 g/mol. The Morgan fingerprint density at radius 2 is 2.09 bits per heavy atom.